The molecule has 0 heterocycles. The number of benzene rings is 1. The topological polar surface area (TPSA) is 85.7 Å². The van der Waals surface area contributed by atoms with Gasteiger partial charge in [0, 0.05) is 5.56 Å². The summed E-state index contributed by atoms with van der Waals surface area (Å²) in [4.78, 5) is 0. The highest BCUT2D eigenvalue weighted by Crippen LogP contribution is 2.19. The lowest BCUT2D eigenvalue weighted by atomic mass is 10.1. The molecule has 88 valence electrons. The molecule has 0 bridgehead atoms. The Morgan fingerprint density at radius 3 is 2.75 bits per heavy atom. The van der Waals surface area contributed by atoms with E-state index in [-0.39, 0.29) is 5.96 Å². The number of nitrogens with zero attached hydrogens (tertiary/aromatic N) is 1. The molecule has 5 nitrogen and oxygen atoms in total. The molecule has 1 aromatic rings. The van der Waals surface area contributed by atoms with Gasteiger partial charge < -0.3 is 21.6 Å². The van der Waals surface area contributed by atoms with Crippen LogP contribution >= 0.6 is 0 Å². The molecular formula is C11H18N4O. The third kappa shape index (κ3) is 3.34. The van der Waals surface area contributed by atoms with Crippen molar-refractivity contribution in [2.45, 2.75) is 19.9 Å². The van der Waals surface area contributed by atoms with E-state index in [1.807, 2.05) is 12.1 Å². The minimum Gasteiger partial charge on any atom is -0.496 e. The van der Waals surface area contributed by atoms with Crippen LogP contribution in [-0.2, 0) is 13.0 Å². The van der Waals surface area contributed by atoms with Crippen LogP contribution in [0.1, 0.15) is 18.1 Å². The van der Waals surface area contributed by atoms with Crippen molar-refractivity contribution >= 4 is 5.96 Å². The zero-order valence-corrected chi connectivity index (χ0v) is 9.66. The van der Waals surface area contributed by atoms with Crippen molar-refractivity contribution in [3.63, 3.8) is 0 Å². The maximum atomic E-state index is 5.25. The summed E-state index contributed by atoms with van der Waals surface area (Å²) in [5, 5.41) is 3.72. The second-order valence-electron chi connectivity index (χ2n) is 3.37. The van der Waals surface area contributed by atoms with Crippen LogP contribution in [0.3, 0.4) is 0 Å². The minimum atomic E-state index is 0.0191. The Hall–Kier alpha value is -1.91. The van der Waals surface area contributed by atoms with E-state index in [0.29, 0.717) is 6.54 Å². The smallest absolute Gasteiger partial charge is 0.208 e. The fraction of sp³-hybridized carbons (Fsp3) is 0.364. The largest absolute Gasteiger partial charge is 0.496 e. The van der Waals surface area contributed by atoms with Crippen LogP contribution in [0.4, 0.5) is 0 Å². The fourth-order valence-electron chi connectivity index (χ4n) is 1.41. The summed E-state index contributed by atoms with van der Waals surface area (Å²) in [6.07, 6.45) is 0.985. The Morgan fingerprint density at radius 2 is 2.19 bits per heavy atom. The van der Waals surface area contributed by atoms with Gasteiger partial charge in [-0.15, -0.1) is 5.10 Å². The van der Waals surface area contributed by atoms with Gasteiger partial charge in [-0.2, -0.15) is 0 Å². The number of aryl methyl sites for hydroxylation is 1. The van der Waals surface area contributed by atoms with E-state index in [2.05, 4.69) is 23.5 Å². The SMILES string of the molecule is CCc1ccc(OC)c(CNN=C(N)N)c1. The molecule has 0 saturated heterocycles. The minimum absolute atomic E-state index is 0.0191. The van der Waals surface area contributed by atoms with Crippen LogP contribution in [0.15, 0.2) is 23.3 Å². The molecule has 0 aromatic heterocycles. The Morgan fingerprint density at radius 1 is 1.44 bits per heavy atom. The van der Waals surface area contributed by atoms with Crippen LogP contribution in [0, 0.1) is 0 Å². The molecule has 0 spiro atoms. The van der Waals surface area contributed by atoms with E-state index >= 15 is 0 Å². The van der Waals surface area contributed by atoms with Gasteiger partial charge in [0.2, 0.25) is 5.96 Å². The summed E-state index contributed by atoms with van der Waals surface area (Å²) < 4.78 is 5.25. The van der Waals surface area contributed by atoms with E-state index in [9.17, 15) is 0 Å². The third-order valence-corrected chi connectivity index (χ3v) is 2.23. The number of rotatable bonds is 5. The van der Waals surface area contributed by atoms with Crippen LogP contribution < -0.4 is 21.6 Å². The van der Waals surface area contributed by atoms with Crippen molar-refractivity contribution < 1.29 is 4.74 Å². The van der Waals surface area contributed by atoms with Crippen molar-refractivity contribution in [3.8, 4) is 5.75 Å². The lowest BCUT2D eigenvalue weighted by Gasteiger charge is -2.09. The second-order valence-corrected chi connectivity index (χ2v) is 3.37. The number of hydrogen-bond acceptors (Lipinski definition) is 3. The number of hydrazone groups is 1. The molecule has 16 heavy (non-hydrogen) atoms. The molecule has 1 aromatic carbocycles. The van der Waals surface area contributed by atoms with Gasteiger partial charge in [-0.1, -0.05) is 19.1 Å². The molecule has 1 rings (SSSR count). The first-order valence-electron chi connectivity index (χ1n) is 5.14. The van der Waals surface area contributed by atoms with Crippen molar-refractivity contribution in [3.05, 3.63) is 29.3 Å². The number of methoxy groups -OCH3 is 1. The molecule has 5 N–H and O–H groups in total. The summed E-state index contributed by atoms with van der Waals surface area (Å²) in [5.74, 6) is 0.848. The quantitative estimate of drug-likeness (QED) is 0.385. The lowest BCUT2D eigenvalue weighted by Crippen LogP contribution is -2.26. The number of ether oxygens (including phenoxy) is 1. The Kier molecular flexibility index (Phi) is 4.44. The fourth-order valence-corrected chi connectivity index (χ4v) is 1.41. The molecule has 0 fully saturated rings. The average Bonchev–Trinajstić information content (AvgIpc) is 2.28. The summed E-state index contributed by atoms with van der Waals surface area (Å²) in [6, 6.07) is 6.07. The zero-order chi connectivity index (χ0) is 12.0. The van der Waals surface area contributed by atoms with E-state index < -0.39 is 0 Å². The van der Waals surface area contributed by atoms with Gasteiger partial charge in [0.25, 0.3) is 0 Å². The molecule has 5 heteroatoms. The zero-order valence-electron chi connectivity index (χ0n) is 9.66. The van der Waals surface area contributed by atoms with Gasteiger partial charge in [0.15, 0.2) is 0 Å². The molecule has 0 aliphatic rings. The van der Waals surface area contributed by atoms with Gasteiger partial charge in [-0.05, 0) is 18.1 Å². The van der Waals surface area contributed by atoms with Crippen molar-refractivity contribution in [2.75, 3.05) is 7.11 Å². The molecular weight excluding hydrogens is 204 g/mol. The van der Waals surface area contributed by atoms with Crippen molar-refractivity contribution in [1.29, 1.82) is 0 Å². The first kappa shape index (κ1) is 12.2. The lowest BCUT2D eigenvalue weighted by molar-refractivity contribution is 0.408. The average molecular weight is 222 g/mol. The highest BCUT2D eigenvalue weighted by Gasteiger charge is 2.03. The van der Waals surface area contributed by atoms with Crippen LogP contribution in [0.5, 0.6) is 5.75 Å². The van der Waals surface area contributed by atoms with Crippen molar-refractivity contribution in [1.82, 2.24) is 5.43 Å². The summed E-state index contributed by atoms with van der Waals surface area (Å²) >= 11 is 0. The monoisotopic (exact) mass is 222 g/mol. The molecule has 0 atom stereocenters. The number of nitrogens with two attached hydrogens (primary N) is 2. The normalized spacial score (nSPS) is 9.62. The van der Waals surface area contributed by atoms with Gasteiger partial charge >= 0.3 is 0 Å². The Balaban J connectivity index is 2.79. The van der Waals surface area contributed by atoms with Gasteiger partial charge in [-0.25, -0.2) is 0 Å². The number of hydrogen-bond donors (Lipinski definition) is 3. The first-order valence-corrected chi connectivity index (χ1v) is 5.14. The summed E-state index contributed by atoms with van der Waals surface area (Å²) in [6.45, 7) is 2.64. The summed E-state index contributed by atoms with van der Waals surface area (Å²) in [5.41, 5.74) is 15.5. The third-order valence-electron chi connectivity index (χ3n) is 2.23. The standard InChI is InChI=1S/C11H18N4O/c1-3-8-4-5-10(16-2)9(6-8)7-14-15-11(12)13/h4-6,14H,3,7H2,1-2H3,(H4,12,13,15). The molecule has 0 aliphatic carbocycles. The molecule has 0 aliphatic heterocycles. The maximum absolute atomic E-state index is 5.25. The van der Waals surface area contributed by atoms with E-state index in [1.165, 1.54) is 5.56 Å². The predicted octanol–water partition coefficient (Wildman–Crippen LogP) is 0.536. The van der Waals surface area contributed by atoms with Crippen LogP contribution in [0.25, 0.3) is 0 Å². The second kappa shape index (κ2) is 5.85. The molecule has 0 amide bonds. The molecule has 0 saturated carbocycles. The molecule has 0 unspecified atom stereocenters. The number of nitrogens with one attached hydrogen (secondary N) is 1. The summed E-state index contributed by atoms with van der Waals surface area (Å²) in [7, 11) is 1.64. The highest BCUT2D eigenvalue weighted by molar-refractivity contribution is 5.75. The molecule has 0 radical (unpaired) electrons. The maximum Gasteiger partial charge on any atom is 0.208 e. The number of guanidine groups is 1. The highest BCUT2D eigenvalue weighted by atomic mass is 16.5. The van der Waals surface area contributed by atoms with Crippen molar-refractivity contribution in [2.24, 2.45) is 16.6 Å². The van der Waals surface area contributed by atoms with Gasteiger partial charge in [0.05, 0.1) is 13.7 Å². The van der Waals surface area contributed by atoms with E-state index in [1.54, 1.807) is 7.11 Å². The Labute approximate surface area is 95.5 Å². The first-order chi connectivity index (χ1) is 7.67. The van der Waals surface area contributed by atoms with E-state index in [0.717, 1.165) is 17.7 Å². The van der Waals surface area contributed by atoms with Crippen LogP contribution in [-0.4, -0.2) is 13.1 Å². The Bertz CT molecular complexity index is 372. The van der Waals surface area contributed by atoms with Gasteiger partial charge in [-0.3, -0.25) is 0 Å². The van der Waals surface area contributed by atoms with Crippen LogP contribution in [0.2, 0.25) is 0 Å². The predicted molar refractivity (Wildman–Crippen MR) is 65.0 cm³/mol. The van der Waals surface area contributed by atoms with Gasteiger partial charge in [0.1, 0.15) is 5.75 Å². The van der Waals surface area contributed by atoms with E-state index in [4.69, 9.17) is 16.2 Å².